The van der Waals surface area contributed by atoms with Crippen molar-refractivity contribution in [2.24, 2.45) is 0 Å². The Morgan fingerprint density at radius 3 is 2.93 bits per heavy atom. The molecule has 5 rings (SSSR count). The first-order valence-corrected chi connectivity index (χ1v) is 10.2. The maximum absolute atomic E-state index is 13.3. The lowest BCUT2D eigenvalue weighted by Crippen LogP contribution is -2.41. The highest BCUT2D eigenvalue weighted by molar-refractivity contribution is 7.08. The number of aromatic nitrogens is 2. The van der Waals surface area contributed by atoms with E-state index in [0.29, 0.717) is 34.0 Å². The van der Waals surface area contributed by atoms with Crippen molar-refractivity contribution < 1.29 is 18.8 Å². The molecule has 2 atom stereocenters. The second-order valence-electron chi connectivity index (χ2n) is 7.29. The zero-order valence-electron chi connectivity index (χ0n) is 15.9. The van der Waals surface area contributed by atoms with Crippen molar-refractivity contribution in [2.45, 2.75) is 25.4 Å². The average Bonchev–Trinajstić information content (AvgIpc) is 3.47. The zero-order valence-corrected chi connectivity index (χ0v) is 16.7. The third kappa shape index (κ3) is 3.05. The summed E-state index contributed by atoms with van der Waals surface area (Å²) in [7, 11) is 0. The molecule has 2 aliphatic heterocycles. The standard InChI is InChI=1S/C20H17N5O4S/c1-10-17(30-24-23-10)19(27)21-12-8-15-18(26)22-14-5-4-11(16-3-2-6-29-16)7-13(14)20(28)25(15)9-12/h2-7,12,15H,8-9H2,1H3,(H,21,27)(H,22,26)/t12-,15-/m0/s1. The summed E-state index contributed by atoms with van der Waals surface area (Å²) in [5.41, 5.74) is 2.17. The minimum Gasteiger partial charge on any atom is -0.464 e. The summed E-state index contributed by atoms with van der Waals surface area (Å²) in [6, 6.07) is 7.82. The van der Waals surface area contributed by atoms with Gasteiger partial charge in [0.1, 0.15) is 16.7 Å². The van der Waals surface area contributed by atoms with E-state index in [4.69, 9.17) is 4.42 Å². The van der Waals surface area contributed by atoms with Crippen molar-refractivity contribution >= 4 is 34.9 Å². The van der Waals surface area contributed by atoms with Gasteiger partial charge in [0.25, 0.3) is 11.8 Å². The topological polar surface area (TPSA) is 117 Å². The maximum Gasteiger partial charge on any atom is 0.265 e. The summed E-state index contributed by atoms with van der Waals surface area (Å²) in [5, 5.41) is 9.59. The molecule has 152 valence electrons. The number of nitrogens with one attached hydrogen (secondary N) is 2. The van der Waals surface area contributed by atoms with Gasteiger partial charge in [-0.05, 0) is 55.2 Å². The number of nitrogens with zero attached hydrogens (tertiary/aromatic N) is 3. The van der Waals surface area contributed by atoms with E-state index in [0.717, 1.165) is 17.1 Å². The second-order valence-corrected chi connectivity index (χ2v) is 8.05. The van der Waals surface area contributed by atoms with Gasteiger partial charge in [-0.3, -0.25) is 14.4 Å². The van der Waals surface area contributed by atoms with Gasteiger partial charge in [-0.1, -0.05) is 4.49 Å². The molecular weight excluding hydrogens is 406 g/mol. The van der Waals surface area contributed by atoms with Crippen molar-refractivity contribution in [3.8, 4) is 11.3 Å². The van der Waals surface area contributed by atoms with Crippen LogP contribution >= 0.6 is 11.5 Å². The number of aryl methyl sites for hydroxylation is 1. The molecular formula is C20H17N5O4S. The molecule has 0 unspecified atom stereocenters. The molecule has 9 nitrogen and oxygen atoms in total. The fourth-order valence-electron chi connectivity index (χ4n) is 3.90. The van der Waals surface area contributed by atoms with Crippen molar-refractivity contribution in [1.29, 1.82) is 0 Å². The van der Waals surface area contributed by atoms with E-state index in [9.17, 15) is 14.4 Å². The summed E-state index contributed by atoms with van der Waals surface area (Å²) in [6.07, 6.45) is 1.91. The van der Waals surface area contributed by atoms with Crippen LogP contribution in [-0.2, 0) is 4.79 Å². The third-order valence-corrected chi connectivity index (χ3v) is 6.20. The molecule has 2 aliphatic rings. The molecule has 2 N–H and O–H groups in total. The van der Waals surface area contributed by atoms with E-state index in [1.54, 1.807) is 37.5 Å². The number of rotatable bonds is 3. The molecule has 4 heterocycles. The predicted molar refractivity (Wildman–Crippen MR) is 108 cm³/mol. The van der Waals surface area contributed by atoms with Gasteiger partial charge in [0.15, 0.2) is 0 Å². The van der Waals surface area contributed by atoms with Crippen molar-refractivity contribution in [2.75, 3.05) is 11.9 Å². The molecule has 1 fully saturated rings. The molecule has 10 heteroatoms. The van der Waals surface area contributed by atoms with Crippen LogP contribution in [0.2, 0.25) is 0 Å². The number of carbonyl (C=O) groups is 3. The lowest BCUT2D eigenvalue weighted by atomic mass is 10.1. The van der Waals surface area contributed by atoms with E-state index in [-0.39, 0.29) is 30.3 Å². The van der Waals surface area contributed by atoms with Crippen LogP contribution in [0.25, 0.3) is 11.3 Å². The Morgan fingerprint density at radius 2 is 2.20 bits per heavy atom. The highest BCUT2D eigenvalue weighted by atomic mass is 32.1. The van der Waals surface area contributed by atoms with Crippen LogP contribution in [0.1, 0.15) is 32.1 Å². The summed E-state index contributed by atoms with van der Waals surface area (Å²) in [6.45, 7) is 1.96. The fourth-order valence-corrected chi connectivity index (χ4v) is 4.46. The molecule has 0 aliphatic carbocycles. The number of hydrogen-bond acceptors (Lipinski definition) is 7. The van der Waals surface area contributed by atoms with Gasteiger partial charge in [-0.25, -0.2) is 0 Å². The first-order valence-electron chi connectivity index (χ1n) is 9.41. The zero-order chi connectivity index (χ0) is 20.8. The number of hydrogen-bond donors (Lipinski definition) is 2. The summed E-state index contributed by atoms with van der Waals surface area (Å²) >= 11 is 1.02. The van der Waals surface area contributed by atoms with E-state index in [1.807, 2.05) is 6.07 Å². The molecule has 30 heavy (non-hydrogen) atoms. The van der Waals surface area contributed by atoms with E-state index >= 15 is 0 Å². The second kappa shape index (κ2) is 7.06. The number of carbonyl (C=O) groups excluding carboxylic acids is 3. The Balaban J connectivity index is 1.40. The first kappa shape index (κ1) is 18.5. The van der Waals surface area contributed by atoms with Crippen LogP contribution in [0.15, 0.2) is 41.0 Å². The Morgan fingerprint density at radius 1 is 1.33 bits per heavy atom. The van der Waals surface area contributed by atoms with E-state index in [1.165, 1.54) is 4.90 Å². The quantitative estimate of drug-likeness (QED) is 0.666. The molecule has 0 radical (unpaired) electrons. The Kier molecular flexibility index (Phi) is 4.35. The van der Waals surface area contributed by atoms with Gasteiger partial charge in [0.05, 0.1) is 23.2 Å². The lowest BCUT2D eigenvalue weighted by Gasteiger charge is -2.20. The van der Waals surface area contributed by atoms with Gasteiger partial charge in [0.2, 0.25) is 5.91 Å². The number of furan rings is 1. The summed E-state index contributed by atoms with van der Waals surface area (Å²) < 4.78 is 9.20. The number of amides is 3. The van der Waals surface area contributed by atoms with Gasteiger partial charge in [-0.2, -0.15) is 0 Å². The Bertz CT molecular complexity index is 1160. The van der Waals surface area contributed by atoms with E-state index in [2.05, 4.69) is 20.2 Å². The van der Waals surface area contributed by atoms with Crippen LogP contribution in [0.5, 0.6) is 0 Å². The maximum atomic E-state index is 13.3. The van der Waals surface area contributed by atoms with Crippen molar-refractivity contribution in [3.05, 3.63) is 52.7 Å². The third-order valence-electron chi connectivity index (χ3n) is 5.37. The van der Waals surface area contributed by atoms with E-state index < -0.39 is 6.04 Å². The molecule has 1 saturated heterocycles. The Labute approximate surface area is 175 Å². The number of benzene rings is 1. The molecule has 2 aromatic heterocycles. The van der Waals surface area contributed by atoms with Crippen LogP contribution < -0.4 is 10.6 Å². The van der Waals surface area contributed by atoms with Gasteiger partial charge in [0, 0.05) is 18.2 Å². The minimum atomic E-state index is -0.650. The molecule has 0 bridgehead atoms. The van der Waals surface area contributed by atoms with Crippen molar-refractivity contribution in [1.82, 2.24) is 19.8 Å². The normalized spacial score (nSPS) is 20.4. The highest BCUT2D eigenvalue weighted by Gasteiger charge is 2.43. The van der Waals surface area contributed by atoms with Crippen LogP contribution in [0, 0.1) is 6.92 Å². The SMILES string of the molecule is Cc1nnsc1C(=O)N[C@H]1C[C@H]2C(=O)Nc3ccc(-c4ccco4)cc3C(=O)N2C1. The number of anilines is 1. The monoisotopic (exact) mass is 423 g/mol. The van der Waals surface area contributed by atoms with Crippen molar-refractivity contribution in [3.63, 3.8) is 0 Å². The first-order chi connectivity index (χ1) is 14.5. The van der Waals surface area contributed by atoms with Crippen LogP contribution in [0.3, 0.4) is 0 Å². The largest absolute Gasteiger partial charge is 0.464 e. The van der Waals surface area contributed by atoms with Gasteiger partial charge in [-0.15, -0.1) is 5.10 Å². The van der Waals surface area contributed by atoms with Crippen LogP contribution in [0.4, 0.5) is 5.69 Å². The number of fused-ring (bicyclic) bond motifs is 2. The smallest absolute Gasteiger partial charge is 0.265 e. The summed E-state index contributed by atoms with van der Waals surface area (Å²) in [4.78, 5) is 40.5. The molecule has 3 aromatic rings. The fraction of sp³-hybridized carbons (Fsp3) is 0.250. The Hall–Kier alpha value is -3.53. The molecule has 0 spiro atoms. The molecule has 0 saturated carbocycles. The van der Waals surface area contributed by atoms with Gasteiger partial charge >= 0.3 is 0 Å². The predicted octanol–water partition coefficient (Wildman–Crippen LogP) is 2.07. The highest BCUT2D eigenvalue weighted by Crippen LogP contribution is 2.32. The molecule has 3 amide bonds. The minimum absolute atomic E-state index is 0.248. The lowest BCUT2D eigenvalue weighted by molar-refractivity contribution is -0.119. The average molecular weight is 423 g/mol. The summed E-state index contributed by atoms with van der Waals surface area (Å²) in [5.74, 6) is -0.175. The van der Waals surface area contributed by atoms with Gasteiger partial charge < -0.3 is 20.0 Å². The van der Waals surface area contributed by atoms with Crippen LogP contribution in [-0.4, -0.2) is 50.8 Å². The molecule has 1 aromatic carbocycles.